The molecule has 0 atom stereocenters. The van der Waals surface area contributed by atoms with E-state index >= 15 is 0 Å². The van der Waals surface area contributed by atoms with Crippen molar-refractivity contribution >= 4 is 29.4 Å². The molecule has 0 aliphatic carbocycles. The van der Waals surface area contributed by atoms with Crippen molar-refractivity contribution < 1.29 is 4.42 Å². The van der Waals surface area contributed by atoms with Crippen molar-refractivity contribution in [1.82, 2.24) is 24.7 Å². The Kier molecular flexibility index (Phi) is 4.55. The molecule has 0 saturated carbocycles. The highest BCUT2D eigenvalue weighted by Crippen LogP contribution is 2.31. The second-order valence-electron chi connectivity index (χ2n) is 5.89. The monoisotopic (exact) mass is 400 g/mol. The van der Waals surface area contributed by atoms with Crippen LogP contribution in [0, 0.1) is 13.8 Å². The number of furan rings is 1. The van der Waals surface area contributed by atoms with Gasteiger partial charge in [-0.15, -0.1) is 10.2 Å². The highest BCUT2D eigenvalue weighted by molar-refractivity contribution is 6.35. The van der Waals surface area contributed by atoms with Gasteiger partial charge in [-0.2, -0.15) is 14.9 Å². The fourth-order valence-corrected chi connectivity index (χ4v) is 3.03. The highest BCUT2D eigenvalue weighted by Gasteiger charge is 2.11. The van der Waals surface area contributed by atoms with Gasteiger partial charge in [0.05, 0.1) is 16.9 Å². The van der Waals surface area contributed by atoms with Gasteiger partial charge in [0.1, 0.15) is 17.8 Å². The molecule has 0 saturated heterocycles. The van der Waals surface area contributed by atoms with E-state index in [1.54, 1.807) is 35.2 Å². The number of hydrogen-bond donors (Lipinski definition) is 0. The van der Waals surface area contributed by atoms with Gasteiger partial charge in [-0.1, -0.05) is 23.2 Å². The Labute approximate surface area is 164 Å². The summed E-state index contributed by atoms with van der Waals surface area (Å²) in [6, 6.07) is 10.8. The summed E-state index contributed by atoms with van der Waals surface area (Å²) >= 11 is 12.3. The van der Waals surface area contributed by atoms with Crippen LogP contribution in [0.25, 0.3) is 17.3 Å². The summed E-state index contributed by atoms with van der Waals surface area (Å²) in [4.78, 5) is 0. The van der Waals surface area contributed by atoms with E-state index in [1.807, 2.05) is 26.0 Å². The average Bonchev–Trinajstić information content (AvgIpc) is 3.35. The first-order chi connectivity index (χ1) is 13.0. The van der Waals surface area contributed by atoms with Crippen molar-refractivity contribution in [1.29, 1.82) is 0 Å². The van der Waals surface area contributed by atoms with E-state index in [1.165, 1.54) is 11.0 Å². The van der Waals surface area contributed by atoms with Gasteiger partial charge >= 0.3 is 0 Å². The number of hydrogen-bond acceptors (Lipinski definition) is 5. The Morgan fingerprint density at radius 2 is 1.96 bits per heavy atom. The molecule has 4 rings (SSSR count). The van der Waals surface area contributed by atoms with Crippen LogP contribution in [-0.4, -0.2) is 30.9 Å². The van der Waals surface area contributed by atoms with Crippen molar-refractivity contribution in [2.45, 2.75) is 13.8 Å². The average molecular weight is 401 g/mol. The van der Waals surface area contributed by atoms with Gasteiger partial charge < -0.3 is 4.42 Å². The van der Waals surface area contributed by atoms with Gasteiger partial charge in [-0.05, 0) is 50.2 Å². The summed E-state index contributed by atoms with van der Waals surface area (Å²) in [5.41, 5.74) is 2.55. The molecule has 0 fully saturated rings. The lowest BCUT2D eigenvalue weighted by Crippen LogP contribution is -2.06. The minimum Gasteiger partial charge on any atom is -0.455 e. The summed E-state index contributed by atoms with van der Waals surface area (Å²) < 4.78 is 9.01. The Morgan fingerprint density at radius 3 is 2.74 bits per heavy atom. The SMILES string of the molecule is Cc1cc(C)n(-c2nncn2/N=C\c2ccc(-c3cc(Cl)ccc3Cl)o2)n1. The van der Waals surface area contributed by atoms with E-state index in [0.717, 1.165) is 17.0 Å². The molecule has 3 heterocycles. The molecule has 1 aromatic carbocycles. The molecule has 0 amide bonds. The first-order valence-corrected chi connectivity index (χ1v) is 8.80. The fraction of sp³-hybridized carbons (Fsp3) is 0.111. The second kappa shape index (κ2) is 7.02. The number of aryl methyl sites for hydroxylation is 2. The smallest absolute Gasteiger partial charge is 0.273 e. The first-order valence-electron chi connectivity index (χ1n) is 8.04. The van der Waals surface area contributed by atoms with Crippen molar-refractivity contribution in [2.24, 2.45) is 5.10 Å². The topological polar surface area (TPSA) is 74.0 Å². The van der Waals surface area contributed by atoms with Crippen LogP contribution in [0.1, 0.15) is 17.1 Å². The van der Waals surface area contributed by atoms with Gasteiger partial charge in [0.25, 0.3) is 5.95 Å². The van der Waals surface area contributed by atoms with Crippen molar-refractivity contribution in [3.63, 3.8) is 0 Å². The molecule has 0 N–H and O–H groups in total. The maximum atomic E-state index is 6.22. The largest absolute Gasteiger partial charge is 0.455 e. The highest BCUT2D eigenvalue weighted by atomic mass is 35.5. The van der Waals surface area contributed by atoms with Gasteiger partial charge in [0, 0.05) is 16.3 Å². The summed E-state index contributed by atoms with van der Waals surface area (Å²) in [6.07, 6.45) is 3.07. The van der Waals surface area contributed by atoms with Crippen molar-refractivity contribution in [3.8, 4) is 17.3 Å². The Bertz CT molecular complexity index is 1140. The normalized spacial score (nSPS) is 11.6. The van der Waals surface area contributed by atoms with Gasteiger partial charge in [0.15, 0.2) is 0 Å². The van der Waals surface area contributed by atoms with E-state index in [0.29, 0.717) is 27.5 Å². The standard InChI is InChI=1S/C18H14Cl2N6O/c1-11-7-12(2)26(24-11)18-23-21-10-25(18)22-9-14-4-6-17(27-14)15-8-13(19)3-5-16(15)20/h3-10H,1-2H3/b22-9-. The molecule has 0 unspecified atom stereocenters. The van der Waals surface area contributed by atoms with E-state index < -0.39 is 0 Å². The van der Waals surface area contributed by atoms with E-state index in [4.69, 9.17) is 27.6 Å². The minimum absolute atomic E-state index is 0.488. The maximum absolute atomic E-state index is 6.22. The molecule has 9 heteroatoms. The van der Waals surface area contributed by atoms with Crippen LogP contribution in [0.5, 0.6) is 0 Å². The van der Waals surface area contributed by atoms with Crippen LogP contribution >= 0.6 is 23.2 Å². The molecule has 0 radical (unpaired) electrons. The van der Waals surface area contributed by atoms with Crippen LogP contribution in [0.3, 0.4) is 0 Å². The third-order valence-corrected chi connectivity index (χ3v) is 4.41. The Morgan fingerprint density at radius 1 is 1.11 bits per heavy atom. The van der Waals surface area contributed by atoms with Crippen molar-refractivity contribution in [2.75, 3.05) is 0 Å². The zero-order valence-electron chi connectivity index (χ0n) is 14.5. The Hall–Kier alpha value is -2.90. The Balaban J connectivity index is 1.62. The molecular formula is C18H14Cl2N6O. The summed E-state index contributed by atoms with van der Waals surface area (Å²) in [7, 11) is 0. The van der Waals surface area contributed by atoms with Crippen molar-refractivity contribution in [3.05, 3.63) is 69.9 Å². The number of benzene rings is 1. The molecule has 27 heavy (non-hydrogen) atoms. The molecule has 0 spiro atoms. The van der Waals surface area contributed by atoms with Gasteiger partial charge in [-0.3, -0.25) is 0 Å². The lowest BCUT2D eigenvalue weighted by Gasteiger charge is -2.02. The predicted octanol–water partition coefficient (Wildman–Crippen LogP) is 4.53. The molecule has 7 nitrogen and oxygen atoms in total. The van der Waals surface area contributed by atoms with Crippen LogP contribution < -0.4 is 0 Å². The van der Waals surface area contributed by atoms with Crippen LogP contribution in [0.4, 0.5) is 0 Å². The van der Waals surface area contributed by atoms with Gasteiger partial charge in [0.2, 0.25) is 0 Å². The van der Waals surface area contributed by atoms with Crippen LogP contribution in [0.15, 0.2) is 52.2 Å². The third kappa shape index (κ3) is 3.51. The molecule has 136 valence electrons. The van der Waals surface area contributed by atoms with E-state index in [-0.39, 0.29) is 0 Å². The van der Waals surface area contributed by atoms with Crippen LogP contribution in [0.2, 0.25) is 10.0 Å². The third-order valence-electron chi connectivity index (χ3n) is 3.84. The lowest BCUT2D eigenvalue weighted by atomic mass is 10.2. The lowest BCUT2D eigenvalue weighted by molar-refractivity contribution is 0.574. The first kappa shape index (κ1) is 17.5. The number of rotatable bonds is 4. The zero-order chi connectivity index (χ0) is 19.0. The number of halogens is 2. The molecule has 0 bridgehead atoms. The minimum atomic E-state index is 0.488. The summed E-state index contributed by atoms with van der Waals surface area (Å²) in [6.45, 7) is 3.86. The maximum Gasteiger partial charge on any atom is 0.273 e. The molecular weight excluding hydrogens is 387 g/mol. The molecule has 0 aliphatic heterocycles. The van der Waals surface area contributed by atoms with Crippen LogP contribution in [-0.2, 0) is 0 Å². The summed E-state index contributed by atoms with van der Waals surface area (Å²) in [5, 5.41) is 17.9. The fourth-order valence-electron chi connectivity index (χ4n) is 2.65. The number of nitrogens with zero attached hydrogens (tertiary/aromatic N) is 6. The summed E-state index contributed by atoms with van der Waals surface area (Å²) in [5.74, 6) is 1.64. The van der Waals surface area contributed by atoms with E-state index in [9.17, 15) is 0 Å². The predicted molar refractivity (Wildman–Crippen MR) is 104 cm³/mol. The molecule has 0 aliphatic rings. The quantitative estimate of drug-likeness (QED) is 0.471. The second-order valence-corrected chi connectivity index (χ2v) is 6.73. The zero-order valence-corrected chi connectivity index (χ0v) is 16.0. The number of aromatic nitrogens is 5. The molecule has 3 aromatic heterocycles. The molecule has 4 aromatic rings. The van der Waals surface area contributed by atoms with E-state index in [2.05, 4.69) is 20.4 Å². The van der Waals surface area contributed by atoms with Gasteiger partial charge in [-0.25, -0.2) is 4.68 Å².